The van der Waals surface area contributed by atoms with Gasteiger partial charge in [0.2, 0.25) is 10.0 Å². The predicted octanol–water partition coefficient (Wildman–Crippen LogP) is 2.18. The summed E-state index contributed by atoms with van der Waals surface area (Å²) in [5, 5.41) is 1.97. The number of methoxy groups -OCH3 is 1. The van der Waals surface area contributed by atoms with Crippen LogP contribution in [0.1, 0.15) is 37.8 Å². The summed E-state index contributed by atoms with van der Waals surface area (Å²) in [6.07, 6.45) is 5.44. The lowest BCUT2D eigenvalue weighted by Crippen LogP contribution is -2.24. The number of thiazole rings is 1. The average molecular weight is 332 g/mol. The second kappa shape index (κ2) is 7.22. The van der Waals surface area contributed by atoms with Crippen molar-refractivity contribution < 1.29 is 17.9 Å². The third-order valence-corrected chi connectivity index (χ3v) is 5.88. The lowest BCUT2D eigenvalue weighted by molar-refractivity contribution is -0.139. The molecule has 0 bridgehead atoms. The molecule has 1 aliphatic carbocycles. The minimum absolute atomic E-state index is 0.0529. The van der Waals surface area contributed by atoms with Gasteiger partial charge in [-0.2, -0.15) is 0 Å². The molecule has 1 aromatic rings. The Morgan fingerprint density at radius 2 is 2.14 bits per heavy atom. The molecular formula is C13H20N2O4S2. The summed E-state index contributed by atoms with van der Waals surface area (Å²) in [5.74, 6) is 0.00139. The average Bonchev–Trinajstić information content (AvgIpc) is 2.85. The van der Waals surface area contributed by atoms with Crippen LogP contribution in [0, 0.1) is 5.92 Å². The molecule has 2 rings (SSSR count). The van der Waals surface area contributed by atoms with Crippen LogP contribution in [0.15, 0.2) is 5.38 Å². The Bertz CT molecular complexity index is 577. The van der Waals surface area contributed by atoms with Crippen LogP contribution >= 0.6 is 11.3 Å². The highest BCUT2D eigenvalue weighted by Crippen LogP contribution is 2.26. The second-order valence-corrected chi connectivity index (χ2v) is 7.91. The van der Waals surface area contributed by atoms with E-state index in [9.17, 15) is 13.2 Å². The Morgan fingerprint density at radius 1 is 1.43 bits per heavy atom. The number of rotatable bonds is 6. The van der Waals surface area contributed by atoms with Gasteiger partial charge in [-0.25, -0.2) is 13.4 Å². The molecule has 1 heterocycles. The van der Waals surface area contributed by atoms with Crippen molar-refractivity contribution in [3.63, 3.8) is 0 Å². The summed E-state index contributed by atoms with van der Waals surface area (Å²) in [5.41, 5.74) is 0.516. The first-order chi connectivity index (χ1) is 9.98. The maximum absolute atomic E-state index is 12.1. The van der Waals surface area contributed by atoms with Gasteiger partial charge in [0.15, 0.2) is 5.13 Å². The van der Waals surface area contributed by atoms with Crippen LogP contribution in [0.5, 0.6) is 0 Å². The van der Waals surface area contributed by atoms with E-state index in [1.807, 2.05) is 0 Å². The third-order valence-electron chi connectivity index (χ3n) is 3.53. The molecule has 0 unspecified atom stereocenters. The van der Waals surface area contributed by atoms with Gasteiger partial charge in [-0.1, -0.05) is 19.3 Å². The fraction of sp³-hybridized carbons (Fsp3) is 0.692. The van der Waals surface area contributed by atoms with Crippen molar-refractivity contribution in [2.45, 2.75) is 38.5 Å². The van der Waals surface area contributed by atoms with Crippen molar-refractivity contribution in [1.29, 1.82) is 0 Å². The van der Waals surface area contributed by atoms with Gasteiger partial charge >= 0.3 is 5.97 Å². The normalized spacial score (nSPS) is 16.6. The number of hydrogen-bond donors (Lipinski definition) is 1. The van der Waals surface area contributed by atoms with E-state index < -0.39 is 16.0 Å². The van der Waals surface area contributed by atoms with Crippen LogP contribution in [-0.4, -0.2) is 32.2 Å². The summed E-state index contributed by atoms with van der Waals surface area (Å²) in [4.78, 5) is 15.2. The number of nitrogens with zero attached hydrogens (tertiary/aromatic N) is 1. The first-order valence-corrected chi connectivity index (χ1v) is 9.53. The molecule has 1 N–H and O–H groups in total. The van der Waals surface area contributed by atoms with Crippen molar-refractivity contribution in [3.8, 4) is 0 Å². The van der Waals surface area contributed by atoms with Gasteiger partial charge in [0.1, 0.15) is 0 Å². The Balaban J connectivity index is 1.91. The number of nitrogens with one attached hydrogen (secondary N) is 1. The van der Waals surface area contributed by atoms with Crippen molar-refractivity contribution in [1.82, 2.24) is 4.98 Å². The fourth-order valence-electron chi connectivity index (χ4n) is 2.49. The number of sulfonamides is 1. The zero-order valence-electron chi connectivity index (χ0n) is 12.0. The van der Waals surface area contributed by atoms with Gasteiger partial charge in [-0.3, -0.25) is 9.52 Å². The molecule has 0 aliphatic heterocycles. The molecule has 21 heavy (non-hydrogen) atoms. The van der Waals surface area contributed by atoms with E-state index >= 15 is 0 Å². The van der Waals surface area contributed by atoms with Gasteiger partial charge in [0.05, 0.1) is 25.0 Å². The Labute approximate surface area is 129 Å². The molecule has 0 spiro atoms. The highest BCUT2D eigenvalue weighted by molar-refractivity contribution is 7.92. The number of hydrogen-bond acceptors (Lipinski definition) is 6. The lowest BCUT2D eigenvalue weighted by Gasteiger charge is -2.21. The van der Waals surface area contributed by atoms with E-state index in [-0.39, 0.29) is 18.1 Å². The molecule has 1 fully saturated rings. The molecule has 1 aliphatic rings. The maximum atomic E-state index is 12.1. The van der Waals surface area contributed by atoms with Gasteiger partial charge in [0.25, 0.3) is 0 Å². The first-order valence-electron chi connectivity index (χ1n) is 7.00. The zero-order chi connectivity index (χ0) is 15.3. The van der Waals surface area contributed by atoms with Crippen molar-refractivity contribution in [2.24, 2.45) is 5.92 Å². The molecule has 0 atom stereocenters. The Kier molecular flexibility index (Phi) is 5.58. The Morgan fingerprint density at radius 3 is 2.81 bits per heavy atom. The Hall–Kier alpha value is -1.15. The predicted molar refractivity (Wildman–Crippen MR) is 81.8 cm³/mol. The van der Waals surface area contributed by atoms with E-state index in [0.717, 1.165) is 25.7 Å². The number of carbonyl (C=O) groups is 1. The summed E-state index contributed by atoms with van der Waals surface area (Å²) in [6.45, 7) is 0. The van der Waals surface area contributed by atoms with Crippen molar-refractivity contribution >= 4 is 32.5 Å². The molecular weight excluding hydrogens is 312 g/mol. The van der Waals surface area contributed by atoms with Crippen LogP contribution in [0.3, 0.4) is 0 Å². The molecule has 8 heteroatoms. The molecule has 0 saturated heterocycles. The standard InChI is InChI=1S/C13H20N2O4S2/c1-19-12(16)7-11-8-20-13(14-11)15-21(17,18)9-10-5-3-2-4-6-10/h8,10H,2-7,9H2,1H3,(H,14,15). The van der Waals surface area contributed by atoms with Gasteiger partial charge in [0, 0.05) is 5.38 Å². The smallest absolute Gasteiger partial charge is 0.311 e. The van der Waals surface area contributed by atoms with E-state index in [4.69, 9.17) is 0 Å². The number of carbonyl (C=O) groups excluding carboxylic acids is 1. The minimum Gasteiger partial charge on any atom is -0.469 e. The van der Waals surface area contributed by atoms with Crippen LogP contribution in [-0.2, 0) is 26.0 Å². The molecule has 0 amide bonds. The van der Waals surface area contributed by atoms with Crippen LogP contribution in [0.4, 0.5) is 5.13 Å². The highest BCUT2D eigenvalue weighted by Gasteiger charge is 2.22. The fourth-order valence-corrected chi connectivity index (χ4v) is 4.97. The molecule has 0 aromatic carbocycles. The van der Waals surface area contributed by atoms with E-state index in [2.05, 4.69) is 14.4 Å². The monoisotopic (exact) mass is 332 g/mol. The van der Waals surface area contributed by atoms with E-state index in [0.29, 0.717) is 10.8 Å². The molecule has 1 aromatic heterocycles. The summed E-state index contributed by atoms with van der Waals surface area (Å²) < 4.78 is 31.3. The summed E-state index contributed by atoms with van der Waals surface area (Å²) >= 11 is 1.18. The van der Waals surface area contributed by atoms with E-state index in [1.54, 1.807) is 5.38 Å². The first kappa shape index (κ1) is 16.2. The van der Waals surface area contributed by atoms with Crippen LogP contribution in [0.25, 0.3) is 0 Å². The van der Waals surface area contributed by atoms with Crippen molar-refractivity contribution in [2.75, 3.05) is 17.6 Å². The SMILES string of the molecule is COC(=O)Cc1csc(NS(=O)(=O)CC2CCCCC2)n1. The zero-order valence-corrected chi connectivity index (χ0v) is 13.6. The van der Waals surface area contributed by atoms with Gasteiger partial charge in [-0.15, -0.1) is 11.3 Å². The minimum atomic E-state index is -3.37. The summed E-state index contributed by atoms with van der Waals surface area (Å²) in [7, 11) is -2.07. The second-order valence-electron chi connectivity index (χ2n) is 5.28. The van der Waals surface area contributed by atoms with Crippen LogP contribution < -0.4 is 4.72 Å². The number of ether oxygens (including phenoxy) is 1. The lowest BCUT2D eigenvalue weighted by atomic mass is 9.91. The highest BCUT2D eigenvalue weighted by atomic mass is 32.2. The van der Waals surface area contributed by atoms with Gasteiger partial charge in [-0.05, 0) is 18.8 Å². The third kappa shape index (κ3) is 5.28. The number of aromatic nitrogens is 1. The quantitative estimate of drug-likeness (QED) is 0.807. The summed E-state index contributed by atoms with van der Waals surface area (Å²) in [6, 6.07) is 0. The van der Waals surface area contributed by atoms with Crippen molar-refractivity contribution in [3.05, 3.63) is 11.1 Å². The van der Waals surface area contributed by atoms with E-state index in [1.165, 1.54) is 24.9 Å². The number of anilines is 1. The van der Waals surface area contributed by atoms with Crippen LogP contribution in [0.2, 0.25) is 0 Å². The number of esters is 1. The molecule has 0 radical (unpaired) electrons. The molecule has 1 saturated carbocycles. The van der Waals surface area contributed by atoms with Gasteiger partial charge < -0.3 is 4.74 Å². The topological polar surface area (TPSA) is 85.4 Å². The maximum Gasteiger partial charge on any atom is 0.311 e. The molecule has 6 nitrogen and oxygen atoms in total. The molecule has 118 valence electrons. The largest absolute Gasteiger partial charge is 0.469 e.